The lowest BCUT2D eigenvalue weighted by molar-refractivity contribution is 0.376. The summed E-state index contributed by atoms with van der Waals surface area (Å²) in [6, 6.07) is 0.166. The van der Waals surface area contributed by atoms with E-state index in [0.29, 0.717) is 6.54 Å². The Morgan fingerprint density at radius 2 is 2.13 bits per heavy atom. The molecular weight excluding hydrogens is 212 g/mol. The highest BCUT2D eigenvalue weighted by atomic mass is 32.2. The summed E-state index contributed by atoms with van der Waals surface area (Å²) in [6.45, 7) is 5.35. The van der Waals surface area contributed by atoms with Crippen molar-refractivity contribution in [3.8, 4) is 0 Å². The van der Waals surface area contributed by atoms with Crippen LogP contribution in [0.1, 0.15) is 26.7 Å². The van der Waals surface area contributed by atoms with Crippen LogP contribution in [-0.2, 0) is 10.0 Å². The second-order valence-corrected chi connectivity index (χ2v) is 6.60. The van der Waals surface area contributed by atoms with E-state index < -0.39 is 10.0 Å². The summed E-state index contributed by atoms with van der Waals surface area (Å²) in [4.78, 5) is 0. The van der Waals surface area contributed by atoms with E-state index in [1.165, 1.54) is 0 Å². The summed E-state index contributed by atoms with van der Waals surface area (Å²) in [6.07, 6.45) is 1.97. The van der Waals surface area contributed by atoms with Gasteiger partial charge in [-0.25, -0.2) is 8.42 Å². The zero-order valence-electron chi connectivity index (χ0n) is 9.86. The van der Waals surface area contributed by atoms with Crippen molar-refractivity contribution in [2.75, 3.05) is 25.9 Å². The third-order valence-corrected chi connectivity index (χ3v) is 4.95. The van der Waals surface area contributed by atoms with Gasteiger partial charge in [-0.15, -0.1) is 0 Å². The Hall–Kier alpha value is -0.130. The molecule has 5 heteroatoms. The molecule has 0 radical (unpaired) electrons. The fourth-order valence-corrected chi connectivity index (χ4v) is 4.21. The van der Waals surface area contributed by atoms with Crippen LogP contribution in [0.5, 0.6) is 0 Å². The minimum atomic E-state index is -3.04. The molecular formula is C10H22N2O2S. The van der Waals surface area contributed by atoms with Crippen LogP contribution in [0.2, 0.25) is 0 Å². The zero-order valence-corrected chi connectivity index (χ0v) is 10.7. The Bertz CT molecular complexity index is 288. The SMILES string of the molecule is CNCC1CCCN1S(=O)(=O)CC(C)C. The molecule has 1 unspecified atom stereocenters. The lowest BCUT2D eigenvalue weighted by atomic mass is 10.2. The second-order valence-electron chi connectivity index (χ2n) is 4.64. The maximum absolute atomic E-state index is 12.0. The quantitative estimate of drug-likeness (QED) is 0.760. The molecule has 0 aromatic carbocycles. The standard InChI is InChI=1S/C10H22N2O2S/c1-9(2)8-15(13,14)12-6-4-5-10(12)7-11-3/h9-11H,4-8H2,1-3H3. The van der Waals surface area contributed by atoms with Gasteiger partial charge in [-0.05, 0) is 25.8 Å². The first kappa shape index (κ1) is 12.9. The fraction of sp³-hybridized carbons (Fsp3) is 1.00. The average molecular weight is 234 g/mol. The molecule has 4 nitrogen and oxygen atoms in total. The molecule has 1 aliphatic heterocycles. The first-order valence-corrected chi connectivity index (χ1v) is 7.22. The van der Waals surface area contributed by atoms with Gasteiger partial charge < -0.3 is 5.32 Å². The highest BCUT2D eigenvalue weighted by Crippen LogP contribution is 2.21. The summed E-state index contributed by atoms with van der Waals surface area (Å²) >= 11 is 0. The smallest absolute Gasteiger partial charge is 0.214 e. The van der Waals surface area contributed by atoms with Crippen LogP contribution in [0.4, 0.5) is 0 Å². The summed E-state index contributed by atoms with van der Waals surface area (Å²) < 4.78 is 25.7. The Labute approximate surface area is 93.1 Å². The van der Waals surface area contributed by atoms with Crippen molar-refractivity contribution in [3.63, 3.8) is 0 Å². The molecule has 0 aromatic rings. The average Bonchev–Trinajstić information content (AvgIpc) is 2.51. The molecule has 0 saturated carbocycles. The zero-order chi connectivity index (χ0) is 11.5. The maximum atomic E-state index is 12.0. The highest BCUT2D eigenvalue weighted by Gasteiger charge is 2.33. The van der Waals surface area contributed by atoms with Crippen molar-refractivity contribution >= 4 is 10.0 Å². The predicted molar refractivity (Wildman–Crippen MR) is 62.3 cm³/mol. The third kappa shape index (κ3) is 3.43. The van der Waals surface area contributed by atoms with Gasteiger partial charge in [0, 0.05) is 19.1 Å². The van der Waals surface area contributed by atoms with Gasteiger partial charge in [-0.2, -0.15) is 4.31 Å². The molecule has 0 amide bonds. The second kappa shape index (κ2) is 5.27. The Morgan fingerprint density at radius 1 is 1.47 bits per heavy atom. The van der Waals surface area contributed by atoms with E-state index in [1.807, 2.05) is 20.9 Å². The molecule has 1 fully saturated rings. The molecule has 1 heterocycles. The predicted octanol–water partition coefficient (Wildman–Crippen LogP) is 0.656. The molecule has 90 valence electrons. The maximum Gasteiger partial charge on any atom is 0.214 e. The largest absolute Gasteiger partial charge is 0.318 e. The van der Waals surface area contributed by atoms with Gasteiger partial charge in [0.2, 0.25) is 10.0 Å². The van der Waals surface area contributed by atoms with Gasteiger partial charge in [-0.1, -0.05) is 13.8 Å². The minimum absolute atomic E-state index is 0.166. The van der Waals surface area contributed by atoms with Crippen molar-refractivity contribution in [1.29, 1.82) is 0 Å². The lowest BCUT2D eigenvalue weighted by Crippen LogP contribution is -2.42. The van der Waals surface area contributed by atoms with Crippen molar-refractivity contribution in [3.05, 3.63) is 0 Å². The number of rotatable bonds is 5. The van der Waals surface area contributed by atoms with E-state index in [2.05, 4.69) is 5.32 Å². The van der Waals surface area contributed by atoms with Gasteiger partial charge >= 0.3 is 0 Å². The molecule has 15 heavy (non-hydrogen) atoms. The number of hydrogen-bond donors (Lipinski definition) is 1. The van der Waals surface area contributed by atoms with Crippen LogP contribution in [0.25, 0.3) is 0 Å². The molecule has 1 rings (SSSR count). The van der Waals surface area contributed by atoms with Crippen LogP contribution >= 0.6 is 0 Å². The summed E-state index contributed by atoms with van der Waals surface area (Å²) in [7, 11) is -1.17. The topological polar surface area (TPSA) is 49.4 Å². The van der Waals surface area contributed by atoms with Gasteiger partial charge in [0.15, 0.2) is 0 Å². The number of sulfonamides is 1. The van der Waals surface area contributed by atoms with Crippen LogP contribution < -0.4 is 5.32 Å². The van der Waals surface area contributed by atoms with Crippen molar-refractivity contribution in [2.24, 2.45) is 5.92 Å². The summed E-state index contributed by atoms with van der Waals surface area (Å²) in [5.41, 5.74) is 0. The molecule has 1 aliphatic rings. The van der Waals surface area contributed by atoms with Crippen LogP contribution in [-0.4, -0.2) is 44.7 Å². The number of nitrogens with one attached hydrogen (secondary N) is 1. The van der Waals surface area contributed by atoms with Gasteiger partial charge in [0.05, 0.1) is 5.75 Å². The van der Waals surface area contributed by atoms with E-state index in [9.17, 15) is 8.42 Å². The monoisotopic (exact) mass is 234 g/mol. The van der Waals surface area contributed by atoms with E-state index in [1.54, 1.807) is 4.31 Å². The van der Waals surface area contributed by atoms with Crippen molar-refractivity contribution in [1.82, 2.24) is 9.62 Å². The van der Waals surface area contributed by atoms with E-state index >= 15 is 0 Å². The van der Waals surface area contributed by atoms with E-state index in [0.717, 1.165) is 19.4 Å². The Balaban J connectivity index is 2.68. The van der Waals surface area contributed by atoms with Crippen molar-refractivity contribution < 1.29 is 8.42 Å². The van der Waals surface area contributed by atoms with Gasteiger partial charge in [0.1, 0.15) is 0 Å². The lowest BCUT2D eigenvalue weighted by Gasteiger charge is -2.24. The van der Waals surface area contributed by atoms with Gasteiger partial charge in [-0.3, -0.25) is 0 Å². The van der Waals surface area contributed by atoms with E-state index in [-0.39, 0.29) is 17.7 Å². The van der Waals surface area contributed by atoms with E-state index in [4.69, 9.17) is 0 Å². The molecule has 1 atom stereocenters. The summed E-state index contributed by atoms with van der Waals surface area (Å²) in [5, 5.41) is 3.06. The summed E-state index contributed by atoms with van der Waals surface area (Å²) in [5.74, 6) is 0.471. The van der Waals surface area contributed by atoms with Crippen molar-refractivity contribution in [2.45, 2.75) is 32.7 Å². The molecule has 1 saturated heterocycles. The number of nitrogens with zero attached hydrogens (tertiary/aromatic N) is 1. The first-order valence-electron chi connectivity index (χ1n) is 5.61. The molecule has 0 aliphatic carbocycles. The third-order valence-electron chi connectivity index (χ3n) is 2.66. The molecule has 0 bridgehead atoms. The Morgan fingerprint density at radius 3 is 2.67 bits per heavy atom. The Kier molecular flexibility index (Phi) is 4.55. The molecule has 1 N–H and O–H groups in total. The van der Waals surface area contributed by atoms with Crippen LogP contribution in [0, 0.1) is 5.92 Å². The minimum Gasteiger partial charge on any atom is -0.318 e. The fourth-order valence-electron chi connectivity index (χ4n) is 2.13. The van der Waals surface area contributed by atoms with Crippen LogP contribution in [0.15, 0.2) is 0 Å². The molecule has 0 aromatic heterocycles. The first-order chi connectivity index (χ1) is 6.97. The number of hydrogen-bond acceptors (Lipinski definition) is 3. The number of likely N-dealkylation sites (N-methyl/N-ethyl adjacent to an activating group) is 1. The molecule has 0 spiro atoms. The van der Waals surface area contributed by atoms with Gasteiger partial charge in [0.25, 0.3) is 0 Å². The normalized spacial score (nSPS) is 23.9. The highest BCUT2D eigenvalue weighted by molar-refractivity contribution is 7.89. The van der Waals surface area contributed by atoms with Crippen LogP contribution in [0.3, 0.4) is 0 Å².